The van der Waals surface area contributed by atoms with Crippen LogP contribution in [0.3, 0.4) is 0 Å². The number of nitrogens with zero attached hydrogens (tertiary/aromatic N) is 1. The minimum absolute atomic E-state index is 0.0986. The first-order chi connectivity index (χ1) is 9.38. The van der Waals surface area contributed by atoms with Crippen molar-refractivity contribution in [3.05, 3.63) is 35.0 Å². The first kappa shape index (κ1) is 13.8. The topological polar surface area (TPSA) is 85.1 Å². The first-order valence-corrected chi connectivity index (χ1v) is 8.08. The Bertz CT molecular complexity index is 792. The number of sulfonamides is 1. The van der Waals surface area contributed by atoms with Gasteiger partial charge in [-0.1, -0.05) is 23.7 Å². The highest BCUT2D eigenvalue weighted by molar-refractivity contribution is 7.89. The molecule has 1 fully saturated rings. The van der Waals surface area contributed by atoms with Crippen LogP contribution in [-0.4, -0.2) is 25.5 Å². The first-order valence-electron chi connectivity index (χ1n) is 6.22. The van der Waals surface area contributed by atoms with Gasteiger partial charge in [0.1, 0.15) is 10.0 Å². The van der Waals surface area contributed by atoms with E-state index in [0.717, 1.165) is 10.9 Å². The van der Waals surface area contributed by atoms with Crippen LogP contribution in [0.5, 0.6) is 0 Å². The van der Waals surface area contributed by atoms with Crippen molar-refractivity contribution in [2.75, 3.05) is 0 Å². The normalized spacial score (nSPS) is 22.1. The summed E-state index contributed by atoms with van der Waals surface area (Å²) >= 11 is 6.00. The second-order valence-corrected chi connectivity index (χ2v) is 7.09. The van der Waals surface area contributed by atoms with E-state index >= 15 is 0 Å². The lowest BCUT2D eigenvalue weighted by molar-refractivity contribution is 0.580. The number of aromatic nitrogens is 1. The van der Waals surface area contributed by atoms with Crippen LogP contribution < -0.4 is 10.5 Å². The zero-order chi connectivity index (χ0) is 14.5. The largest absolute Gasteiger partial charge is 0.326 e. The third-order valence-corrected chi connectivity index (χ3v) is 5.28. The molecule has 1 aliphatic rings. The van der Waals surface area contributed by atoms with Gasteiger partial charge in [-0.2, -0.15) is 0 Å². The molecular weight excluding hydrogens is 298 g/mol. The molecule has 106 valence electrons. The van der Waals surface area contributed by atoms with Crippen LogP contribution in [0.15, 0.2) is 29.2 Å². The average Bonchev–Trinajstić information content (AvgIpc) is 3.04. The molecule has 0 saturated heterocycles. The molecule has 0 amide bonds. The van der Waals surface area contributed by atoms with Crippen molar-refractivity contribution in [3.63, 3.8) is 0 Å². The SMILES string of the molecule is Cc1cc2cccc(S(=O)(=O)NC3CC3N)c2nc1Cl. The highest BCUT2D eigenvalue weighted by Crippen LogP contribution is 2.27. The Morgan fingerprint density at radius 1 is 1.45 bits per heavy atom. The predicted octanol–water partition coefficient (Wildman–Crippen LogP) is 1.57. The standard InChI is InChI=1S/C13H14ClN3O2S/c1-7-5-8-3-2-4-11(12(8)16-13(7)14)20(18,19)17-10-6-9(10)15/h2-5,9-10,17H,6,15H2,1H3. The smallest absolute Gasteiger partial charge is 0.243 e. The third kappa shape index (κ3) is 2.40. The summed E-state index contributed by atoms with van der Waals surface area (Å²) in [5, 5.41) is 1.05. The number of nitrogens with one attached hydrogen (secondary N) is 1. The molecule has 2 unspecified atom stereocenters. The van der Waals surface area contributed by atoms with Gasteiger partial charge in [0.15, 0.2) is 0 Å². The molecular formula is C13H14ClN3O2S. The summed E-state index contributed by atoms with van der Waals surface area (Å²) in [6.45, 7) is 1.83. The van der Waals surface area contributed by atoms with E-state index in [-0.39, 0.29) is 17.0 Å². The second kappa shape index (κ2) is 4.66. The number of benzene rings is 1. The van der Waals surface area contributed by atoms with E-state index in [1.165, 1.54) is 6.07 Å². The number of hydrogen-bond acceptors (Lipinski definition) is 4. The fourth-order valence-electron chi connectivity index (χ4n) is 2.08. The van der Waals surface area contributed by atoms with Crippen LogP contribution in [0.25, 0.3) is 10.9 Å². The minimum atomic E-state index is -3.64. The Kier molecular flexibility index (Phi) is 3.21. The van der Waals surface area contributed by atoms with Gasteiger partial charge in [0.25, 0.3) is 0 Å². The van der Waals surface area contributed by atoms with E-state index in [2.05, 4.69) is 9.71 Å². The summed E-state index contributed by atoms with van der Waals surface area (Å²) in [5.41, 5.74) is 6.84. The van der Waals surface area contributed by atoms with Crippen molar-refractivity contribution in [2.45, 2.75) is 30.3 Å². The molecule has 20 heavy (non-hydrogen) atoms. The van der Waals surface area contributed by atoms with Crippen molar-refractivity contribution in [1.29, 1.82) is 0 Å². The fourth-order valence-corrected chi connectivity index (χ4v) is 3.70. The molecule has 1 aliphatic carbocycles. The van der Waals surface area contributed by atoms with Gasteiger partial charge >= 0.3 is 0 Å². The van der Waals surface area contributed by atoms with E-state index in [1.807, 2.05) is 19.1 Å². The molecule has 0 spiro atoms. The Morgan fingerprint density at radius 3 is 2.80 bits per heavy atom. The van der Waals surface area contributed by atoms with Gasteiger partial charge in [0.2, 0.25) is 10.0 Å². The van der Waals surface area contributed by atoms with Crippen molar-refractivity contribution >= 4 is 32.5 Å². The molecule has 0 bridgehead atoms. The number of nitrogens with two attached hydrogens (primary N) is 1. The lowest BCUT2D eigenvalue weighted by atomic mass is 10.2. The molecule has 7 heteroatoms. The highest BCUT2D eigenvalue weighted by atomic mass is 35.5. The maximum Gasteiger partial charge on any atom is 0.243 e. The summed E-state index contributed by atoms with van der Waals surface area (Å²) in [6, 6.07) is 6.57. The van der Waals surface area contributed by atoms with Gasteiger partial charge in [0, 0.05) is 17.5 Å². The van der Waals surface area contributed by atoms with Gasteiger partial charge in [-0.15, -0.1) is 0 Å². The Hall–Kier alpha value is -1.21. The maximum atomic E-state index is 12.4. The maximum absolute atomic E-state index is 12.4. The number of hydrogen-bond donors (Lipinski definition) is 2. The summed E-state index contributed by atoms with van der Waals surface area (Å²) in [5.74, 6) is 0. The zero-order valence-corrected chi connectivity index (χ0v) is 12.4. The van der Waals surface area contributed by atoms with Crippen LogP contribution in [0.4, 0.5) is 0 Å². The van der Waals surface area contributed by atoms with Gasteiger partial charge in [-0.3, -0.25) is 0 Å². The molecule has 0 radical (unpaired) electrons. The summed E-state index contributed by atoms with van der Waals surface area (Å²) in [6.07, 6.45) is 0.664. The van der Waals surface area contributed by atoms with Crippen molar-refractivity contribution in [2.24, 2.45) is 5.73 Å². The summed E-state index contributed by atoms with van der Waals surface area (Å²) < 4.78 is 27.4. The van der Waals surface area contributed by atoms with E-state index < -0.39 is 10.0 Å². The van der Waals surface area contributed by atoms with Crippen LogP contribution in [0.2, 0.25) is 5.15 Å². The van der Waals surface area contributed by atoms with Crippen LogP contribution in [-0.2, 0) is 10.0 Å². The number of fused-ring (bicyclic) bond motifs is 1. The van der Waals surface area contributed by atoms with E-state index in [9.17, 15) is 8.42 Å². The molecule has 2 atom stereocenters. The monoisotopic (exact) mass is 311 g/mol. The van der Waals surface area contributed by atoms with Gasteiger partial charge in [0.05, 0.1) is 5.52 Å². The number of pyridine rings is 1. The Balaban J connectivity index is 2.13. The Morgan fingerprint density at radius 2 is 2.15 bits per heavy atom. The molecule has 3 N–H and O–H groups in total. The summed E-state index contributed by atoms with van der Waals surface area (Å²) in [4.78, 5) is 4.34. The van der Waals surface area contributed by atoms with E-state index in [1.54, 1.807) is 6.07 Å². The predicted molar refractivity (Wildman–Crippen MR) is 78.2 cm³/mol. The molecule has 1 aromatic heterocycles. The van der Waals surface area contributed by atoms with Crippen LogP contribution >= 0.6 is 11.6 Å². The van der Waals surface area contributed by atoms with Crippen molar-refractivity contribution in [3.8, 4) is 0 Å². The molecule has 0 aliphatic heterocycles. The highest BCUT2D eigenvalue weighted by Gasteiger charge is 2.37. The Labute approximate surface area is 122 Å². The van der Waals surface area contributed by atoms with E-state index in [4.69, 9.17) is 17.3 Å². The lowest BCUT2D eigenvalue weighted by Gasteiger charge is -2.09. The zero-order valence-electron chi connectivity index (χ0n) is 10.8. The van der Waals surface area contributed by atoms with Crippen molar-refractivity contribution < 1.29 is 8.42 Å². The molecule has 3 rings (SSSR count). The third-order valence-electron chi connectivity index (χ3n) is 3.37. The van der Waals surface area contributed by atoms with Crippen LogP contribution in [0, 0.1) is 6.92 Å². The quantitative estimate of drug-likeness (QED) is 0.843. The number of halogens is 1. The van der Waals surface area contributed by atoms with Crippen molar-refractivity contribution in [1.82, 2.24) is 9.71 Å². The number of para-hydroxylation sites is 1. The minimum Gasteiger partial charge on any atom is -0.326 e. The van der Waals surface area contributed by atoms with Gasteiger partial charge in [-0.25, -0.2) is 18.1 Å². The number of aryl methyl sites for hydroxylation is 1. The second-order valence-electron chi connectivity index (χ2n) is 5.05. The number of rotatable bonds is 3. The molecule has 2 aromatic rings. The van der Waals surface area contributed by atoms with Gasteiger partial charge < -0.3 is 5.73 Å². The molecule has 1 heterocycles. The lowest BCUT2D eigenvalue weighted by Crippen LogP contribution is -2.30. The molecule has 1 aromatic carbocycles. The van der Waals surface area contributed by atoms with Crippen LogP contribution in [0.1, 0.15) is 12.0 Å². The molecule has 5 nitrogen and oxygen atoms in total. The summed E-state index contributed by atoms with van der Waals surface area (Å²) in [7, 11) is -3.64. The van der Waals surface area contributed by atoms with Gasteiger partial charge in [-0.05, 0) is 31.0 Å². The average molecular weight is 312 g/mol. The molecule has 1 saturated carbocycles. The van der Waals surface area contributed by atoms with E-state index in [0.29, 0.717) is 17.1 Å². The fraction of sp³-hybridized carbons (Fsp3) is 0.308.